The molecule has 0 heterocycles. The van der Waals surface area contributed by atoms with Crippen LogP contribution in [0, 0.1) is 0 Å². The van der Waals surface area contributed by atoms with Gasteiger partial charge in [-0.05, 0) is 24.6 Å². The van der Waals surface area contributed by atoms with Crippen LogP contribution in [0.15, 0.2) is 18.2 Å². The molecule has 0 fully saturated rings. The second kappa shape index (κ2) is 7.98. The van der Waals surface area contributed by atoms with Crippen LogP contribution in [0.2, 0.25) is 10.0 Å². The van der Waals surface area contributed by atoms with Crippen LogP contribution in [0.1, 0.15) is 20.3 Å². The van der Waals surface area contributed by atoms with E-state index >= 15 is 0 Å². The van der Waals surface area contributed by atoms with Crippen molar-refractivity contribution in [1.29, 1.82) is 0 Å². The van der Waals surface area contributed by atoms with Crippen molar-refractivity contribution in [2.24, 2.45) is 0 Å². The summed E-state index contributed by atoms with van der Waals surface area (Å²) >= 11 is 11.8. The maximum absolute atomic E-state index is 11.7. The second-order valence-electron chi connectivity index (χ2n) is 4.48. The lowest BCUT2D eigenvalue weighted by molar-refractivity contribution is -0.116. The Morgan fingerprint density at radius 3 is 2.48 bits per heavy atom. The summed E-state index contributed by atoms with van der Waals surface area (Å²) < 4.78 is 25.6. The molecule has 0 unspecified atom stereocenters. The molecule has 0 bridgehead atoms. The van der Waals surface area contributed by atoms with Crippen LogP contribution >= 0.6 is 23.2 Å². The van der Waals surface area contributed by atoms with Crippen molar-refractivity contribution in [3.8, 4) is 0 Å². The van der Waals surface area contributed by atoms with Gasteiger partial charge < -0.3 is 4.90 Å². The number of amides is 1. The molecule has 1 amide bonds. The molecule has 0 saturated carbocycles. The largest absolute Gasteiger partial charge is 0.311 e. The molecule has 0 saturated heterocycles. The molecule has 1 aromatic carbocycles. The van der Waals surface area contributed by atoms with Crippen LogP contribution in [0.3, 0.4) is 0 Å². The SMILES string of the molecule is CCCS(=O)(=O)NCCN(C(C)=O)c1ccc(Cl)c(Cl)c1. The summed E-state index contributed by atoms with van der Waals surface area (Å²) in [6.07, 6.45) is 0.540. The molecule has 1 aromatic rings. The van der Waals surface area contributed by atoms with Crippen LogP contribution < -0.4 is 9.62 Å². The number of nitrogens with one attached hydrogen (secondary N) is 1. The number of rotatable bonds is 7. The molecule has 0 radical (unpaired) electrons. The molecule has 0 atom stereocenters. The Bertz CT molecular complexity index is 605. The van der Waals surface area contributed by atoms with Gasteiger partial charge in [0.2, 0.25) is 15.9 Å². The highest BCUT2D eigenvalue weighted by Gasteiger charge is 2.14. The lowest BCUT2D eigenvalue weighted by atomic mass is 10.3. The van der Waals surface area contributed by atoms with Gasteiger partial charge in [0.1, 0.15) is 0 Å². The first kappa shape index (κ1) is 18.2. The van der Waals surface area contributed by atoms with Crippen LogP contribution in [0.4, 0.5) is 5.69 Å². The van der Waals surface area contributed by atoms with Gasteiger partial charge in [0.25, 0.3) is 0 Å². The third-order valence-electron chi connectivity index (χ3n) is 2.73. The highest BCUT2D eigenvalue weighted by Crippen LogP contribution is 2.27. The van der Waals surface area contributed by atoms with Gasteiger partial charge in [-0.15, -0.1) is 0 Å². The fourth-order valence-electron chi connectivity index (χ4n) is 1.78. The van der Waals surface area contributed by atoms with E-state index in [0.29, 0.717) is 22.2 Å². The number of carbonyl (C=O) groups is 1. The van der Waals surface area contributed by atoms with Gasteiger partial charge in [-0.25, -0.2) is 13.1 Å². The van der Waals surface area contributed by atoms with E-state index in [0.717, 1.165) is 0 Å². The van der Waals surface area contributed by atoms with Gasteiger partial charge in [-0.1, -0.05) is 30.1 Å². The summed E-state index contributed by atoms with van der Waals surface area (Å²) in [6.45, 7) is 3.55. The van der Waals surface area contributed by atoms with E-state index in [1.165, 1.54) is 11.8 Å². The minimum absolute atomic E-state index is 0.0693. The van der Waals surface area contributed by atoms with Crippen molar-refractivity contribution in [2.45, 2.75) is 20.3 Å². The fourth-order valence-corrected chi connectivity index (χ4v) is 3.15. The highest BCUT2D eigenvalue weighted by atomic mass is 35.5. The van der Waals surface area contributed by atoms with Crippen LogP contribution in [-0.2, 0) is 14.8 Å². The predicted molar refractivity (Wildman–Crippen MR) is 86.6 cm³/mol. The molecule has 0 aliphatic carbocycles. The summed E-state index contributed by atoms with van der Waals surface area (Å²) in [5, 5.41) is 0.736. The smallest absolute Gasteiger partial charge is 0.223 e. The number of hydrogen-bond donors (Lipinski definition) is 1. The number of carbonyl (C=O) groups excluding carboxylic acids is 1. The number of anilines is 1. The highest BCUT2D eigenvalue weighted by molar-refractivity contribution is 7.89. The minimum Gasteiger partial charge on any atom is -0.311 e. The molecule has 118 valence electrons. The molecule has 0 spiro atoms. The second-order valence-corrected chi connectivity index (χ2v) is 7.22. The maximum atomic E-state index is 11.7. The number of sulfonamides is 1. The summed E-state index contributed by atoms with van der Waals surface area (Å²) in [4.78, 5) is 13.1. The van der Waals surface area contributed by atoms with E-state index in [1.807, 2.05) is 0 Å². The first-order valence-electron chi connectivity index (χ1n) is 6.47. The van der Waals surface area contributed by atoms with Gasteiger partial charge in [0.05, 0.1) is 15.8 Å². The average Bonchev–Trinajstić information content (AvgIpc) is 2.37. The molecule has 8 heteroatoms. The number of benzene rings is 1. The molecule has 1 rings (SSSR count). The lowest BCUT2D eigenvalue weighted by Gasteiger charge is -2.21. The fraction of sp³-hybridized carbons (Fsp3) is 0.462. The van der Waals surface area contributed by atoms with Crippen molar-refractivity contribution in [3.05, 3.63) is 28.2 Å². The van der Waals surface area contributed by atoms with Crippen LogP contribution in [0.25, 0.3) is 0 Å². The number of nitrogens with zero attached hydrogens (tertiary/aromatic N) is 1. The molecule has 0 aliphatic heterocycles. The third-order valence-corrected chi connectivity index (χ3v) is 5.05. The van der Waals surface area contributed by atoms with Gasteiger partial charge in [0.15, 0.2) is 0 Å². The van der Waals surface area contributed by atoms with E-state index in [2.05, 4.69) is 4.72 Å². The van der Waals surface area contributed by atoms with E-state index in [4.69, 9.17) is 23.2 Å². The monoisotopic (exact) mass is 352 g/mol. The van der Waals surface area contributed by atoms with Gasteiger partial charge >= 0.3 is 0 Å². The van der Waals surface area contributed by atoms with E-state index in [-0.39, 0.29) is 24.7 Å². The van der Waals surface area contributed by atoms with Crippen molar-refractivity contribution in [2.75, 3.05) is 23.7 Å². The molecule has 1 N–H and O–H groups in total. The molecule has 0 aliphatic rings. The average molecular weight is 353 g/mol. The van der Waals surface area contributed by atoms with E-state index < -0.39 is 10.0 Å². The maximum Gasteiger partial charge on any atom is 0.223 e. The van der Waals surface area contributed by atoms with E-state index in [9.17, 15) is 13.2 Å². The zero-order chi connectivity index (χ0) is 16.0. The normalized spacial score (nSPS) is 11.4. The first-order valence-corrected chi connectivity index (χ1v) is 8.88. The third kappa shape index (κ3) is 5.82. The van der Waals surface area contributed by atoms with Crippen LogP contribution in [0.5, 0.6) is 0 Å². The number of halogens is 2. The Balaban J connectivity index is 2.75. The zero-order valence-corrected chi connectivity index (χ0v) is 14.2. The van der Waals surface area contributed by atoms with Gasteiger partial charge in [-0.3, -0.25) is 4.79 Å². The quantitative estimate of drug-likeness (QED) is 0.820. The minimum atomic E-state index is -3.29. The molecular weight excluding hydrogens is 335 g/mol. The summed E-state index contributed by atoms with van der Waals surface area (Å²) in [6, 6.07) is 4.83. The summed E-state index contributed by atoms with van der Waals surface area (Å²) in [5.41, 5.74) is 0.576. The summed E-state index contributed by atoms with van der Waals surface area (Å²) in [7, 11) is -3.29. The van der Waals surface area contributed by atoms with E-state index in [1.54, 1.807) is 25.1 Å². The van der Waals surface area contributed by atoms with Gasteiger partial charge in [-0.2, -0.15) is 0 Å². The Hall–Kier alpha value is -0.820. The Morgan fingerprint density at radius 2 is 1.95 bits per heavy atom. The van der Waals surface area contributed by atoms with Crippen molar-refractivity contribution >= 4 is 44.8 Å². The zero-order valence-electron chi connectivity index (χ0n) is 11.9. The number of hydrogen-bond acceptors (Lipinski definition) is 3. The standard InChI is InChI=1S/C13H18Cl2N2O3S/c1-3-8-21(19,20)16-6-7-17(10(2)18)11-4-5-12(14)13(15)9-11/h4-5,9,16H,3,6-8H2,1-2H3. The van der Waals surface area contributed by atoms with Crippen LogP contribution in [-0.4, -0.2) is 33.2 Å². The lowest BCUT2D eigenvalue weighted by Crippen LogP contribution is -2.38. The molecular formula is C13H18Cl2N2O3S. The topological polar surface area (TPSA) is 66.5 Å². The molecule has 5 nitrogen and oxygen atoms in total. The summed E-state index contributed by atoms with van der Waals surface area (Å²) in [5.74, 6) is -0.136. The molecule has 0 aromatic heterocycles. The van der Waals surface area contributed by atoms with Gasteiger partial charge in [0, 0.05) is 25.7 Å². The Kier molecular flexibility index (Phi) is 6.93. The van der Waals surface area contributed by atoms with Crippen molar-refractivity contribution < 1.29 is 13.2 Å². The Morgan fingerprint density at radius 1 is 1.29 bits per heavy atom. The molecule has 21 heavy (non-hydrogen) atoms. The predicted octanol–water partition coefficient (Wildman–Crippen LogP) is 2.68. The van der Waals surface area contributed by atoms with Crippen molar-refractivity contribution in [1.82, 2.24) is 4.72 Å². The first-order chi connectivity index (χ1) is 9.76. The van der Waals surface area contributed by atoms with Crippen molar-refractivity contribution in [3.63, 3.8) is 0 Å². The Labute approximate surface area is 135 Å².